The molecule has 1 aromatic carbocycles. The summed E-state index contributed by atoms with van der Waals surface area (Å²) in [5.74, 6) is 0.178. The summed E-state index contributed by atoms with van der Waals surface area (Å²) in [6.45, 7) is 7.90. The second-order valence-corrected chi connectivity index (χ2v) is 5.26. The Hall–Kier alpha value is -1.55. The van der Waals surface area contributed by atoms with Crippen LogP contribution < -0.4 is 10.2 Å². The van der Waals surface area contributed by atoms with E-state index in [9.17, 15) is 4.79 Å². The molecule has 4 nitrogen and oxygen atoms in total. The zero-order valence-corrected chi connectivity index (χ0v) is 12.3. The third-order valence-corrected chi connectivity index (χ3v) is 3.72. The number of anilines is 1. The number of nitrogens with zero attached hydrogens (tertiary/aromatic N) is 2. The lowest BCUT2D eigenvalue weighted by Gasteiger charge is -2.36. The van der Waals surface area contributed by atoms with Crippen molar-refractivity contribution in [3.63, 3.8) is 0 Å². The number of rotatable bonds is 6. The Morgan fingerprint density at radius 1 is 1.15 bits per heavy atom. The van der Waals surface area contributed by atoms with Crippen molar-refractivity contribution >= 4 is 11.6 Å². The Bertz CT molecular complexity index is 399. The quantitative estimate of drug-likeness (QED) is 0.859. The molecule has 1 N–H and O–H groups in total. The second-order valence-electron chi connectivity index (χ2n) is 5.26. The molecule has 0 aromatic heterocycles. The predicted octanol–water partition coefficient (Wildman–Crippen LogP) is 1.72. The molecule has 1 amide bonds. The summed E-state index contributed by atoms with van der Waals surface area (Å²) < 4.78 is 0. The minimum atomic E-state index is 0.178. The van der Waals surface area contributed by atoms with Crippen molar-refractivity contribution in [2.24, 2.45) is 0 Å². The van der Waals surface area contributed by atoms with Crippen LogP contribution in [0.3, 0.4) is 0 Å². The predicted molar refractivity (Wildman–Crippen MR) is 83.0 cm³/mol. The van der Waals surface area contributed by atoms with Crippen LogP contribution in [0.15, 0.2) is 30.3 Å². The third-order valence-electron chi connectivity index (χ3n) is 3.72. The van der Waals surface area contributed by atoms with Crippen molar-refractivity contribution in [1.29, 1.82) is 0 Å². The van der Waals surface area contributed by atoms with E-state index in [2.05, 4.69) is 52.4 Å². The first kappa shape index (κ1) is 14.9. The average molecular weight is 275 g/mol. The first-order chi connectivity index (χ1) is 9.79. The molecule has 4 heteroatoms. The Morgan fingerprint density at radius 2 is 1.85 bits per heavy atom. The molecule has 110 valence electrons. The molecule has 1 fully saturated rings. The molecule has 0 bridgehead atoms. The molecule has 0 atom stereocenters. The highest BCUT2D eigenvalue weighted by molar-refractivity contribution is 5.76. The van der Waals surface area contributed by atoms with Crippen LogP contribution in [0.5, 0.6) is 0 Å². The first-order valence-corrected chi connectivity index (χ1v) is 7.58. The van der Waals surface area contributed by atoms with E-state index >= 15 is 0 Å². The average Bonchev–Trinajstić information content (AvgIpc) is 2.52. The smallest absolute Gasteiger partial charge is 0.221 e. The molecule has 0 radical (unpaired) electrons. The van der Waals surface area contributed by atoms with Gasteiger partial charge in [0.05, 0.1) is 0 Å². The van der Waals surface area contributed by atoms with Gasteiger partial charge in [-0.1, -0.05) is 25.1 Å². The summed E-state index contributed by atoms with van der Waals surface area (Å²) in [6.07, 6.45) is 1.62. The van der Waals surface area contributed by atoms with Gasteiger partial charge in [0.2, 0.25) is 5.91 Å². The van der Waals surface area contributed by atoms with Gasteiger partial charge in [-0.15, -0.1) is 0 Å². The maximum Gasteiger partial charge on any atom is 0.221 e. The number of hydrogen-bond donors (Lipinski definition) is 1. The van der Waals surface area contributed by atoms with E-state index in [0.29, 0.717) is 6.42 Å². The number of hydrogen-bond acceptors (Lipinski definition) is 3. The topological polar surface area (TPSA) is 35.6 Å². The lowest BCUT2D eigenvalue weighted by Crippen LogP contribution is -2.47. The van der Waals surface area contributed by atoms with E-state index in [4.69, 9.17) is 0 Å². The van der Waals surface area contributed by atoms with Gasteiger partial charge in [-0.25, -0.2) is 0 Å². The highest BCUT2D eigenvalue weighted by atomic mass is 16.1. The van der Waals surface area contributed by atoms with Crippen LogP contribution in [0.25, 0.3) is 0 Å². The van der Waals surface area contributed by atoms with Crippen LogP contribution in [-0.4, -0.2) is 50.1 Å². The maximum atomic E-state index is 11.6. The fourth-order valence-electron chi connectivity index (χ4n) is 2.48. The van der Waals surface area contributed by atoms with Crippen molar-refractivity contribution in [2.45, 2.75) is 19.8 Å². The molecule has 0 unspecified atom stereocenters. The van der Waals surface area contributed by atoms with Crippen LogP contribution in [0.1, 0.15) is 19.8 Å². The van der Waals surface area contributed by atoms with Gasteiger partial charge < -0.3 is 10.2 Å². The molecule has 0 aliphatic carbocycles. The molecule has 2 rings (SSSR count). The van der Waals surface area contributed by atoms with Crippen LogP contribution in [0, 0.1) is 0 Å². The lowest BCUT2D eigenvalue weighted by molar-refractivity contribution is -0.121. The third kappa shape index (κ3) is 4.53. The molecule has 1 saturated heterocycles. The summed E-state index contributed by atoms with van der Waals surface area (Å²) in [4.78, 5) is 16.4. The highest BCUT2D eigenvalue weighted by Crippen LogP contribution is 2.15. The number of carbonyl (C=O) groups excluding carboxylic acids is 1. The van der Waals surface area contributed by atoms with Gasteiger partial charge in [0.25, 0.3) is 0 Å². The molecule has 1 aliphatic rings. The first-order valence-electron chi connectivity index (χ1n) is 7.58. The Balaban J connectivity index is 1.68. The second kappa shape index (κ2) is 7.90. The molecule has 1 aromatic rings. The molecule has 0 saturated carbocycles. The van der Waals surface area contributed by atoms with Gasteiger partial charge in [-0.2, -0.15) is 0 Å². The van der Waals surface area contributed by atoms with E-state index < -0.39 is 0 Å². The normalized spacial score (nSPS) is 16.1. The summed E-state index contributed by atoms with van der Waals surface area (Å²) in [5.41, 5.74) is 1.30. The fourth-order valence-corrected chi connectivity index (χ4v) is 2.48. The lowest BCUT2D eigenvalue weighted by atomic mass is 10.2. The van der Waals surface area contributed by atoms with Crippen molar-refractivity contribution in [1.82, 2.24) is 10.2 Å². The van der Waals surface area contributed by atoms with Crippen molar-refractivity contribution in [3.8, 4) is 0 Å². The van der Waals surface area contributed by atoms with Crippen molar-refractivity contribution in [2.75, 3.05) is 44.2 Å². The Labute approximate surface area is 121 Å². The van der Waals surface area contributed by atoms with E-state index in [1.54, 1.807) is 0 Å². The number of piperazine rings is 1. The van der Waals surface area contributed by atoms with Crippen LogP contribution >= 0.6 is 0 Å². The van der Waals surface area contributed by atoms with Gasteiger partial charge in [-0.05, 0) is 18.6 Å². The molecule has 1 heterocycles. The van der Waals surface area contributed by atoms with Gasteiger partial charge in [0, 0.05) is 51.4 Å². The van der Waals surface area contributed by atoms with Gasteiger partial charge in [0.1, 0.15) is 0 Å². The largest absolute Gasteiger partial charge is 0.369 e. The number of para-hydroxylation sites is 1. The zero-order chi connectivity index (χ0) is 14.2. The van der Waals surface area contributed by atoms with E-state index in [1.807, 2.05) is 0 Å². The number of benzene rings is 1. The van der Waals surface area contributed by atoms with Crippen molar-refractivity contribution in [3.05, 3.63) is 30.3 Å². The molecular weight excluding hydrogens is 250 g/mol. The molecule has 20 heavy (non-hydrogen) atoms. The fraction of sp³-hybridized carbons (Fsp3) is 0.562. The van der Waals surface area contributed by atoms with Crippen LogP contribution in [0.4, 0.5) is 5.69 Å². The van der Waals surface area contributed by atoms with E-state index in [1.165, 1.54) is 5.69 Å². The summed E-state index contributed by atoms with van der Waals surface area (Å²) in [7, 11) is 0. The van der Waals surface area contributed by atoms with E-state index in [0.717, 1.165) is 45.7 Å². The maximum absolute atomic E-state index is 11.6. The van der Waals surface area contributed by atoms with Crippen LogP contribution in [0.2, 0.25) is 0 Å². The Morgan fingerprint density at radius 3 is 2.50 bits per heavy atom. The number of carbonyl (C=O) groups is 1. The van der Waals surface area contributed by atoms with Crippen molar-refractivity contribution < 1.29 is 4.79 Å². The summed E-state index contributed by atoms with van der Waals surface area (Å²) >= 11 is 0. The molecule has 0 spiro atoms. The van der Waals surface area contributed by atoms with Gasteiger partial charge in [0.15, 0.2) is 0 Å². The minimum absolute atomic E-state index is 0.178. The number of nitrogens with one attached hydrogen (secondary N) is 1. The van der Waals surface area contributed by atoms with Crippen LogP contribution in [-0.2, 0) is 4.79 Å². The summed E-state index contributed by atoms with van der Waals surface area (Å²) in [6, 6.07) is 10.5. The van der Waals surface area contributed by atoms with Gasteiger partial charge >= 0.3 is 0 Å². The SMILES string of the molecule is CCCNC(=O)CCN1CCN(c2ccccc2)CC1. The number of amides is 1. The van der Waals surface area contributed by atoms with Gasteiger partial charge in [-0.3, -0.25) is 9.69 Å². The Kier molecular flexibility index (Phi) is 5.87. The summed E-state index contributed by atoms with van der Waals surface area (Å²) in [5, 5.41) is 2.93. The molecule has 1 aliphatic heterocycles. The van der Waals surface area contributed by atoms with E-state index in [-0.39, 0.29) is 5.91 Å². The highest BCUT2D eigenvalue weighted by Gasteiger charge is 2.17. The minimum Gasteiger partial charge on any atom is -0.369 e. The molecular formula is C16H25N3O. The monoisotopic (exact) mass is 275 g/mol. The zero-order valence-electron chi connectivity index (χ0n) is 12.3. The standard InChI is InChI=1S/C16H25N3O/c1-2-9-17-16(20)8-10-18-11-13-19(14-12-18)15-6-4-3-5-7-15/h3-7H,2,8-14H2,1H3,(H,17,20).